The molecule has 4 heteroatoms. The van der Waals surface area contributed by atoms with E-state index in [-0.39, 0.29) is 5.92 Å². The van der Waals surface area contributed by atoms with Gasteiger partial charge in [0.15, 0.2) is 6.10 Å². The number of rotatable bonds is 2. The van der Waals surface area contributed by atoms with Crippen molar-refractivity contribution in [2.24, 2.45) is 5.92 Å². The number of carbonyl (C=O) groups excluding carboxylic acids is 1. The third-order valence-electron chi connectivity index (χ3n) is 2.35. The molecule has 0 bridgehead atoms. The highest BCUT2D eigenvalue weighted by Gasteiger charge is 2.31. The lowest BCUT2D eigenvalue weighted by Gasteiger charge is -2.31. The highest BCUT2D eigenvalue weighted by molar-refractivity contribution is 5.66. The molecule has 1 rings (SSSR count). The first-order valence-electron chi connectivity index (χ1n) is 4.67. The highest BCUT2D eigenvalue weighted by Crippen LogP contribution is 2.19. The predicted octanol–water partition coefficient (Wildman–Crippen LogP) is -0.478. The number of terminal acetylenes is 1. The van der Waals surface area contributed by atoms with Gasteiger partial charge < -0.3 is 15.2 Å². The summed E-state index contributed by atoms with van der Waals surface area (Å²) in [7, 11) is 0. The normalized spacial score (nSPS) is 28.9. The highest BCUT2D eigenvalue weighted by atomic mass is 16.5. The van der Waals surface area contributed by atoms with Gasteiger partial charge in [-0.3, -0.25) is 4.79 Å². The minimum absolute atomic E-state index is 0.148. The molecule has 1 aliphatic heterocycles. The molecule has 0 radical (unpaired) electrons. The van der Waals surface area contributed by atoms with Crippen LogP contribution in [0.25, 0.3) is 0 Å². The van der Waals surface area contributed by atoms with E-state index in [4.69, 9.17) is 11.2 Å². The summed E-state index contributed by atoms with van der Waals surface area (Å²) < 4.78 is 4.95. The molecule has 14 heavy (non-hydrogen) atoms. The molecule has 0 aromatic heterocycles. The van der Waals surface area contributed by atoms with E-state index in [1.807, 2.05) is 0 Å². The lowest BCUT2D eigenvalue weighted by molar-refractivity contribution is -0.148. The molecule has 0 aliphatic carbocycles. The Hall–Kier alpha value is -1.05. The predicted molar refractivity (Wildman–Crippen MR) is 51.4 cm³/mol. The van der Waals surface area contributed by atoms with E-state index in [2.05, 4.69) is 11.2 Å². The first-order chi connectivity index (χ1) is 6.65. The van der Waals surface area contributed by atoms with Crippen LogP contribution in [0.5, 0.6) is 0 Å². The molecule has 1 fully saturated rings. The van der Waals surface area contributed by atoms with Crippen molar-refractivity contribution < 1.29 is 14.6 Å². The number of carbonyl (C=O) groups is 1. The van der Waals surface area contributed by atoms with Gasteiger partial charge in [-0.25, -0.2) is 0 Å². The van der Waals surface area contributed by atoms with Crippen LogP contribution in [0, 0.1) is 18.3 Å². The van der Waals surface area contributed by atoms with Gasteiger partial charge in [-0.1, -0.05) is 5.92 Å². The second-order valence-electron chi connectivity index (χ2n) is 3.42. The average molecular weight is 197 g/mol. The topological polar surface area (TPSA) is 58.6 Å². The zero-order valence-corrected chi connectivity index (χ0v) is 8.19. The molecule has 3 atom stereocenters. The molecule has 0 spiro atoms. The molecule has 1 aliphatic rings. The van der Waals surface area contributed by atoms with E-state index in [9.17, 15) is 9.90 Å². The first-order valence-corrected chi connectivity index (χ1v) is 4.67. The summed E-state index contributed by atoms with van der Waals surface area (Å²) in [6, 6.07) is 0. The van der Waals surface area contributed by atoms with Crippen molar-refractivity contribution in [2.45, 2.75) is 25.6 Å². The smallest absolute Gasteiger partial charge is 0.303 e. The van der Waals surface area contributed by atoms with Crippen LogP contribution in [0.1, 0.15) is 13.3 Å². The maximum Gasteiger partial charge on any atom is 0.303 e. The zero-order chi connectivity index (χ0) is 10.6. The van der Waals surface area contributed by atoms with Gasteiger partial charge in [-0.05, 0) is 13.0 Å². The van der Waals surface area contributed by atoms with Crippen LogP contribution >= 0.6 is 0 Å². The summed E-state index contributed by atoms with van der Waals surface area (Å²) in [6.45, 7) is 2.61. The summed E-state index contributed by atoms with van der Waals surface area (Å²) in [4.78, 5) is 10.7. The Kier molecular flexibility index (Phi) is 3.93. The van der Waals surface area contributed by atoms with Crippen LogP contribution in [0.4, 0.5) is 0 Å². The molecule has 4 nitrogen and oxygen atoms in total. The van der Waals surface area contributed by atoms with Gasteiger partial charge in [0.05, 0.1) is 6.10 Å². The number of hydrogen-bond acceptors (Lipinski definition) is 4. The van der Waals surface area contributed by atoms with Crippen LogP contribution in [-0.4, -0.2) is 36.4 Å². The number of hydrogen-bond donors (Lipinski definition) is 2. The molecule has 0 saturated carbocycles. The lowest BCUT2D eigenvalue weighted by atomic mass is 9.90. The van der Waals surface area contributed by atoms with Crippen molar-refractivity contribution in [3.05, 3.63) is 0 Å². The zero-order valence-electron chi connectivity index (χ0n) is 8.19. The van der Waals surface area contributed by atoms with Gasteiger partial charge in [-0.2, -0.15) is 0 Å². The second kappa shape index (κ2) is 4.99. The molecule has 3 unspecified atom stereocenters. The summed E-state index contributed by atoms with van der Waals surface area (Å²) in [5.41, 5.74) is 0. The number of ether oxygens (including phenoxy) is 1. The number of aliphatic hydroxyl groups excluding tert-OH is 1. The van der Waals surface area contributed by atoms with Crippen molar-refractivity contribution in [1.29, 1.82) is 0 Å². The fraction of sp³-hybridized carbons (Fsp3) is 0.700. The molecule has 0 aromatic carbocycles. The number of β-amino-alcohol motifs (C(OH)–C–C–N with tert-alkyl or cyclic N) is 1. The summed E-state index contributed by atoms with van der Waals surface area (Å²) in [5.74, 6) is 1.85. The number of aliphatic hydroxyl groups is 1. The van der Waals surface area contributed by atoms with Crippen molar-refractivity contribution in [2.75, 3.05) is 13.1 Å². The summed E-state index contributed by atoms with van der Waals surface area (Å²) in [5, 5.41) is 12.7. The third kappa shape index (κ3) is 2.72. The molecule has 1 heterocycles. The van der Waals surface area contributed by atoms with Gasteiger partial charge in [0, 0.05) is 19.4 Å². The molecule has 0 aromatic rings. The van der Waals surface area contributed by atoms with Gasteiger partial charge in [-0.15, -0.1) is 6.42 Å². The molecule has 1 saturated heterocycles. The summed E-state index contributed by atoms with van der Waals surface area (Å²) >= 11 is 0. The minimum atomic E-state index is -0.607. The van der Waals surface area contributed by atoms with Gasteiger partial charge >= 0.3 is 5.97 Å². The average Bonchev–Trinajstić information content (AvgIpc) is 2.15. The Bertz CT molecular complexity index is 246. The largest absolute Gasteiger partial charge is 0.449 e. The van der Waals surface area contributed by atoms with E-state index >= 15 is 0 Å². The van der Waals surface area contributed by atoms with E-state index < -0.39 is 18.2 Å². The standard InChI is InChI=1S/C10H15NO3/c1-3-10(14-7(2)12)8-4-5-11-6-9(8)13/h1,8-11,13H,4-6H2,2H3. The number of nitrogens with one attached hydrogen (secondary N) is 1. The van der Waals surface area contributed by atoms with E-state index in [1.165, 1.54) is 6.92 Å². The summed E-state index contributed by atoms with van der Waals surface area (Å²) in [6.07, 6.45) is 4.84. The maximum atomic E-state index is 10.7. The quantitative estimate of drug-likeness (QED) is 0.464. The molecular weight excluding hydrogens is 182 g/mol. The van der Waals surface area contributed by atoms with Gasteiger partial charge in [0.2, 0.25) is 0 Å². The lowest BCUT2D eigenvalue weighted by Crippen LogP contribution is -2.46. The second-order valence-corrected chi connectivity index (χ2v) is 3.42. The Labute approximate surface area is 83.6 Å². The van der Waals surface area contributed by atoms with Crippen LogP contribution in [0.3, 0.4) is 0 Å². The molecule has 78 valence electrons. The number of piperidine rings is 1. The fourth-order valence-corrected chi connectivity index (χ4v) is 1.64. The first kappa shape index (κ1) is 11.0. The SMILES string of the molecule is C#CC(OC(C)=O)C1CCNCC1O. The molecular formula is C10H15NO3. The van der Waals surface area contributed by atoms with Crippen LogP contribution < -0.4 is 5.32 Å². The monoisotopic (exact) mass is 197 g/mol. The van der Waals surface area contributed by atoms with Crippen molar-refractivity contribution in [3.8, 4) is 12.3 Å². The van der Waals surface area contributed by atoms with E-state index in [0.717, 1.165) is 13.0 Å². The van der Waals surface area contributed by atoms with Crippen LogP contribution in [-0.2, 0) is 9.53 Å². The van der Waals surface area contributed by atoms with Crippen LogP contribution in [0.15, 0.2) is 0 Å². The van der Waals surface area contributed by atoms with Crippen molar-refractivity contribution >= 4 is 5.97 Å². The van der Waals surface area contributed by atoms with Gasteiger partial charge in [0.1, 0.15) is 0 Å². The van der Waals surface area contributed by atoms with Crippen LogP contribution in [0.2, 0.25) is 0 Å². The Balaban J connectivity index is 2.58. The molecule has 0 amide bonds. The Morgan fingerprint density at radius 3 is 3.00 bits per heavy atom. The maximum absolute atomic E-state index is 10.7. The Morgan fingerprint density at radius 2 is 2.50 bits per heavy atom. The van der Waals surface area contributed by atoms with E-state index in [1.54, 1.807) is 0 Å². The minimum Gasteiger partial charge on any atom is -0.449 e. The third-order valence-corrected chi connectivity index (χ3v) is 2.35. The van der Waals surface area contributed by atoms with Crippen molar-refractivity contribution in [1.82, 2.24) is 5.32 Å². The van der Waals surface area contributed by atoms with Crippen molar-refractivity contribution in [3.63, 3.8) is 0 Å². The fourth-order valence-electron chi connectivity index (χ4n) is 1.64. The van der Waals surface area contributed by atoms with Gasteiger partial charge in [0.25, 0.3) is 0 Å². The van der Waals surface area contributed by atoms with E-state index in [0.29, 0.717) is 6.54 Å². The Morgan fingerprint density at radius 1 is 1.79 bits per heavy atom. The number of esters is 1. The molecule has 2 N–H and O–H groups in total.